The molecule has 2 aromatic heterocycles. The molecule has 0 N–H and O–H groups in total. The van der Waals surface area contributed by atoms with Crippen LogP contribution in [-0.4, -0.2) is 29.2 Å². The average Bonchev–Trinajstić information content (AvgIpc) is 3.45. The molecule has 0 aliphatic carbocycles. The highest BCUT2D eigenvalue weighted by atomic mass is 32.1. The van der Waals surface area contributed by atoms with E-state index in [-0.39, 0.29) is 12.6 Å². The van der Waals surface area contributed by atoms with E-state index < -0.39 is 11.9 Å². The largest absolute Gasteiger partial charge is 0.467 e. The van der Waals surface area contributed by atoms with E-state index >= 15 is 0 Å². The number of thiophene rings is 1. The van der Waals surface area contributed by atoms with Crippen LogP contribution in [0.25, 0.3) is 0 Å². The Morgan fingerprint density at radius 3 is 2.66 bits per heavy atom. The molecular formula is C22H20N2O4S. The molecule has 0 fully saturated rings. The number of rotatable bonds is 5. The van der Waals surface area contributed by atoms with E-state index in [1.807, 2.05) is 43.5 Å². The third-order valence-corrected chi connectivity index (χ3v) is 5.55. The van der Waals surface area contributed by atoms with Crippen molar-refractivity contribution in [3.05, 3.63) is 81.4 Å². The van der Waals surface area contributed by atoms with Gasteiger partial charge in [-0.3, -0.25) is 4.79 Å². The van der Waals surface area contributed by atoms with E-state index in [0.717, 1.165) is 21.7 Å². The first-order valence-corrected chi connectivity index (χ1v) is 10.1. The number of carbonyl (C=O) groups excluding carboxylic acids is 2. The van der Waals surface area contributed by atoms with Gasteiger partial charge in [-0.15, -0.1) is 11.3 Å². The second kappa shape index (κ2) is 8.05. The van der Waals surface area contributed by atoms with Gasteiger partial charge in [0.15, 0.2) is 6.61 Å². The number of hydrogen-bond donors (Lipinski definition) is 0. The fraction of sp³-hybridized carbons (Fsp3) is 0.227. The molecule has 0 saturated heterocycles. The molecule has 1 aromatic carbocycles. The summed E-state index contributed by atoms with van der Waals surface area (Å²) in [5.74, 6) is -0.272. The maximum absolute atomic E-state index is 12.8. The zero-order valence-corrected chi connectivity index (χ0v) is 16.9. The molecule has 0 bridgehead atoms. The lowest BCUT2D eigenvalue weighted by atomic mass is 10.1. The van der Waals surface area contributed by atoms with Gasteiger partial charge in [0.2, 0.25) is 0 Å². The van der Waals surface area contributed by atoms with Crippen LogP contribution in [0.5, 0.6) is 0 Å². The topological polar surface area (TPSA) is 72.1 Å². The van der Waals surface area contributed by atoms with E-state index in [9.17, 15) is 9.59 Å². The van der Waals surface area contributed by atoms with Gasteiger partial charge in [-0.1, -0.05) is 23.3 Å². The summed E-state index contributed by atoms with van der Waals surface area (Å²) < 4.78 is 10.8. The van der Waals surface area contributed by atoms with E-state index in [4.69, 9.17) is 9.15 Å². The Balaban J connectivity index is 1.49. The van der Waals surface area contributed by atoms with Crippen molar-refractivity contribution in [3.63, 3.8) is 0 Å². The van der Waals surface area contributed by atoms with Crippen LogP contribution >= 0.6 is 11.3 Å². The molecule has 7 heteroatoms. The summed E-state index contributed by atoms with van der Waals surface area (Å²) in [5.41, 5.74) is 3.18. The van der Waals surface area contributed by atoms with E-state index in [0.29, 0.717) is 17.7 Å². The monoisotopic (exact) mass is 408 g/mol. The highest BCUT2D eigenvalue weighted by Gasteiger charge is 2.35. The minimum atomic E-state index is -0.527. The Morgan fingerprint density at radius 2 is 2.00 bits per heavy atom. The molecule has 148 valence electrons. The molecule has 1 atom stereocenters. The maximum atomic E-state index is 12.8. The Hall–Kier alpha value is -3.19. The fourth-order valence-corrected chi connectivity index (χ4v) is 4.12. The molecule has 1 unspecified atom stereocenters. The molecule has 1 aliphatic heterocycles. The van der Waals surface area contributed by atoms with Crippen LogP contribution in [-0.2, 0) is 9.53 Å². The summed E-state index contributed by atoms with van der Waals surface area (Å²) in [4.78, 5) is 26.2. The third-order valence-electron chi connectivity index (χ3n) is 4.63. The average molecular weight is 408 g/mol. The van der Waals surface area contributed by atoms with Crippen molar-refractivity contribution < 1.29 is 18.7 Å². The number of esters is 1. The van der Waals surface area contributed by atoms with Crippen molar-refractivity contribution in [2.24, 2.45) is 5.10 Å². The first-order valence-electron chi connectivity index (χ1n) is 9.23. The van der Waals surface area contributed by atoms with Gasteiger partial charge >= 0.3 is 5.97 Å². The summed E-state index contributed by atoms with van der Waals surface area (Å²) in [6.07, 6.45) is 2.12. The van der Waals surface area contributed by atoms with Gasteiger partial charge in [0, 0.05) is 6.42 Å². The van der Waals surface area contributed by atoms with Gasteiger partial charge in [-0.25, -0.2) is 9.80 Å². The minimum absolute atomic E-state index is 0.352. The molecule has 3 heterocycles. The van der Waals surface area contributed by atoms with Gasteiger partial charge in [-0.2, -0.15) is 5.10 Å². The van der Waals surface area contributed by atoms with E-state index in [1.165, 1.54) is 5.01 Å². The van der Waals surface area contributed by atoms with E-state index in [1.54, 1.807) is 35.8 Å². The zero-order valence-electron chi connectivity index (χ0n) is 16.1. The number of benzene rings is 1. The quantitative estimate of drug-likeness (QED) is 0.583. The summed E-state index contributed by atoms with van der Waals surface area (Å²) in [7, 11) is 0. The van der Waals surface area contributed by atoms with Crippen molar-refractivity contribution >= 4 is 28.9 Å². The molecular weight excluding hydrogens is 388 g/mol. The smallest absolute Gasteiger partial charge is 0.338 e. The van der Waals surface area contributed by atoms with Crippen molar-refractivity contribution in [2.75, 3.05) is 6.61 Å². The standard InChI is InChI=1S/C22H20N2O4S/c1-14-9-15(2)11-16(10-14)22(26)28-13-21(25)24-18(19-5-3-7-27-19)12-17(23-24)20-6-4-8-29-20/h3-11,18H,12-13H2,1-2H3. The highest BCUT2D eigenvalue weighted by Crippen LogP contribution is 2.34. The van der Waals surface area contributed by atoms with Crippen LogP contribution in [0.4, 0.5) is 0 Å². The Morgan fingerprint density at radius 1 is 1.21 bits per heavy atom. The Labute approximate surface area is 172 Å². The lowest BCUT2D eigenvalue weighted by molar-refractivity contribution is -0.136. The molecule has 3 aromatic rings. The molecule has 6 nitrogen and oxygen atoms in total. The first kappa shape index (κ1) is 19.1. The first-order chi connectivity index (χ1) is 14.0. The molecule has 4 rings (SSSR count). The molecule has 0 radical (unpaired) electrons. The van der Waals surface area contributed by atoms with Gasteiger partial charge in [-0.05, 0) is 49.6 Å². The second-order valence-electron chi connectivity index (χ2n) is 6.95. The Kier molecular flexibility index (Phi) is 5.31. The normalized spacial score (nSPS) is 16.0. The second-order valence-corrected chi connectivity index (χ2v) is 7.90. The molecule has 1 amide bonds. The lowest BCUT2D eigenvalue weighted by Crippen LogP contribution is -2.31. The van der Waals surface area contributed by atoms with Crippen LogP contribution in [0.2, 0.25) is 0 Å². The van der Waals surface area contributed by atoms with E-state index in [2.05, 4.69) is 5.10 Å². The van der Waals surface area contributed by atoms with Gasteiger partial charge in [0.25, 0.3) is 5.91 Å². The SMILES string of the molecule is Cc1cc(C)cc(C(=O)OCC(=O)N2N=C(c3cccs3)CC2c2ccco2)c1. The maximum Gasteiger partial charge on any atom is 0.338 e. The van der Waals surface area contributed by atoms with Gasteiger partial charge in [0.1, 0.15) is 11.8 Å². The summed E-state index contributed by atoms with van der Waals surface area (Å²) in [6, 6.07) is 12.6. The van der Waals surface area contributed by atoms with Crippen LogP contribution in [0.1, 0.15) is 44.6 Å². The number of aryl methyl sites for hydroxylation is 2. The highest BCUT2D eigenvalue weighted by molar-refractivity contribution is 7.12. The van der Waals surface area contributed by atoms with Gasteiger partial charge < -0.3 is 9.15 Å². The van der Waals surface area contributed by atoms with Crippen molar-refractivity contribution in [1.82, 2.24) is 5.01 Å². The predicted octanol–water partition coefficient (Wildman–Crippen LogP) is 4.49. The number of nitrogens with zero attached hydrogens (tertiary/aromatic N) is 2. The Bertz CT molecular complexity index is 1030. The molecule has 1 aliphatic rings. The minimum Gasteiger partial charge on any atom is -0.467 e. The van der Waals surface area contributed by atoms with Crippen molar-refractivity contribution in [1.29, 1.82) is 0 Å². The predicted molar refractivity (Wildman–Crippen MR) is 110 cm³/mol. The molecule has 29 heavy (non-hydrogen) atoms. The van der Waals surface area contributed by atoms with Crippen LogP contribution in [0.3, 0.4) is 0 Å². The number of carbonyl (C=O) groups is 2. The summed E-state index contributed by atoms with van der Waals surface area (Å²) in [5, 5.41) is 7.84. The fourth-order valence-electron chi connectivity index (χ4n) is 3.40. The lowest BCUT2D eigenvalue weighted by Gasteiger charge is -2.19. The zero-order chi connectivity index (χ0) is 20.4. The van der Waals surface area contributed by atoms with Crippen molar-refractivity contribution in [3.8, 4) is 0 Å². The number of ether oxygens (including phenoxy) is 1. The van der Waals surface area contributed by atoms with Gasteiger partial charge in [0.05, 0.1) is 22.4 Å². The molecule has 0 spiro atoms. The number of amides is 1. The summed E-state index contributed by atoms with van der Waals surface area (Å²) in [6.45, 7) is 3.44. The van der Waals surface area contributed by atoms with Crippen LogP contribution in [0.15, 0.2) is 63.6 Å². The summed E-state index contributed by atoms with van der Waals surface area (Å²) >= 11 is 1.57. The molecule has 0 saturated carbocycles. The number of furan rings is 1. The number of hydrazone groups is 1. The van der Waals surface area contributed by atoms with Crippen LogP contribution in [0, 0.1) is 13.8 Å². The third kappa shape index (κ3) is 4.14. The van der Waals surface area contributed by atoms with Crippen LogP contribution < -0.4 is 0 Å². The van der Waals surface area contributed by atoms with Crippen molar-refractivity contribution in [2.45, 2.75) is 26.3 Å². The number of hydrogen-bond acceptors (Lipinski definition) is 6.